The summed E-state index contributed by atoms with van der Waals surface area (Å²) in [6, 6.07) is 6.48. The van der Waals surface area contributed by atoms with Crippen molar-refractivity contribution in [2.24, 2.45) is 0 Å². The van der Waals surface area contributed by atoms with E-state index in [4.69, 9.17) is 23.2 Å². The number of carbonyl (C=O) groups is 1. The van der Waals surface area contributed by atoms with E-state index >= 15 is 0 Å². The number of hydrogen-bond donors (Lipinski definition) is 1. The average Bonchev–Trinajstić information content (AvgIpc) is 2.78. The molecule has 106 valence electrons. The summed E-state index contributed by atoms with van der Waals surface area (Å²) in [5.41, 5.74) is -0.470. The molecule has 0 aliphatic heterocycles. The first-order valence-corrected chi connectivity index (χ1v) is 8.14. The van der Waals surface area contributed by atoms with Crippen LogP contribution in [0, 0.1) is 0 Å². The summed E-state index contributed by atoms with van der Waals surface area (Å²) in [5.74, 6) is -1.53. The third-order valence-electron chi connectivity index (χ3n) is 2.26. The van der Waals surface area contributed by atoms with Gasteiger partial charge in [0.1, 0.15) is 4.21 Å². The summed E-state index contributed by atoms with van der Waals surface area (Å²) in [6.07, 6.45) is 0. The van der Waals surface area contributed by atoms with E-state index in [9.17, 15) is 18.3 Å². The summed E-state index contributed by atoms with van der Waals surface area (Å²) in [7, 11) is -3.91. The van der Waals surface area contributed by atoms with E-state index in [1.807, 2.05) is 0 Å². The minimum atomic E-state index is -3.91. The molecule has 1 heterocycles. The third kappa shape index (κ3) is 3.24. The maximum atomic E-state index is 12.1. The normalized spacial score (nSPS) is 11.3. The maximum absolute atomic E-state index is 12.1. The number of benzene rings is 1. The molecular weight excluding hydrogens is 345 g/mol. The number of rotatable bonds is 4. The Bertz CT molecular complexity index is 770. The zero-order chi connectivity index (χ0) is 14.9. The lowest BCUT2D eigenvalue weighted by atomic mass is 10.2. The second-order valence-electron chi connectivity index (χ2n) is 3.64. The van der Waals surface area contributed by atoms with Gasteiger partial charge in [0.15, 0.2) is 0 Å². The summed E-state index contributed by atoms with van der Waals surface area (Å²) in [4.78, 5) is 11.0. The van der Waals surface area contributed by atoms with Crippen molar-refractivity contribution in [1.29, 1.82) is 0 Å². The van der Waals surface area contributed by atoms with Gasteiger partial charge in [-0.15, -0.1) is 11.3 Å². The predicted molar refractivity (Wildman–Crippen MR) is 75.9 cm³/mol. The van der Waals surface area contributed by atoms with Gasteiger partial charge in [-0.05, 0) is 30.3 Å². The Morgan fingerprint density at radius 3 is 2.45 bits per heavy atom. The standard InChI is InChI=1S/C11H7Cl2NO4S2/c12-6-1-2-8(7(5-6)11(15)16)14-20(17,18)10-4-3-9(13)19-10/h1-5,14H,(H,15,16)/p-1. The number of carbonyl (C=O) groups excluding carboxylic acids is 1. The van der Waals surface area contributed by atoms with Gasteiger partial charge in [-0.1, -0.05) is 23.2 Å². The predicted octanol–water partition coefficient (Wildman–Crippen LogP) is 2.22. The molecule has 5 nitrogen and oxygen atoms in total. The number of sulfonamides is 1. The van der Waals surface area contributed by atoms with Crippen LogP contribution in [0.15, 0.2) is 34.5 Å². The molecule has 9 heteroatoms. The Morgan fingerprint density at radius 1 is 1.20 bits per heavy atom. The molecule has 0 atom stereocenters. The van der Waals surface area contributed by atoms with Gasteiger partial charge >= 0.3 is 0 Å². The fourth-order valence-electron chi connectivity index (χ4n) is 1.41. The smallest absolute Gasteiger partial charge is 0.271 e. The number of carboxylic acid groups (broad SMARTS) is 1. The number of carboxylic acids is 1. The molecule has 0 saturated carbocycles. The first kappa shape index (κ1) is 15.1. The number of anilines is 1. The molecule has 2 aromatic rings. The minimum absolute atomic E-state index is 0.0262. The summed E-state index contributed by atoms with van der Waals surface area (Å²) in [5, 5.41) is 11.1. The van der Waals surface area contributed by atoms with Gasteiger partial charge < -0.3 is 9.90 Å². The van der Waals surface area contributed by atoms with Gasteiger partial charge in [-0.25, -0.2) is 8.42 Å². The third-order valence-corrected chi connectivity index (χ3v) is 5.58. The number of aromatic carboxylic acids is 1. The van der Waals surface area contributed by atoms with Gasteiger partial charge in [-0.2, -0.15) is 0 Å². The average molecular weight is 351 g/mol. The topological polar surface area (TPSA) is 86.3 Å². The highest BCUT2D eigenvalue weighted by Crippen LogP contribution is 2.28. The summed E-state index contributed by atoms with van der Waals surface area (Å²) in [6.45, 7) is 0. The number of thiophene rings is 1. The van der Waals surface area contributed by atoms with Crippen LogP contribution in [0.2, 0.25) is 9.36 Å². The fraction of sp³-hybridized carbons (Fsp3) is 0. The van der Waals surface area contributed by atoms with Crippen LogP contribution in [0.1, 0.15) is 10.4 Å². The fourth-order valence-corrected chi connectivity index (χ4v) is 4.15. The monoisotopic (exact) mass is 350 g/mol. The molecule has 0 fully saturated rings. The van der Waals surface area contributed by atoms with Crippen molar-refractivity contribution in [2.45, 2.75) is 4.21 Å². The molecule has 0 aliphatic carbocycles. The Balaban J connectivity index is 2.42. The Hall–Kier alpha value is -1.28. The second kappa shape index (κ2) is 5.61. The summed E-state index contributed by atoms with van der Waals surface area (Å²) >= 11 is 12.2. The van der Waals surface area contributed by atoms with E-state index in [2.05, 4.69) is 4.72 Å². The van der Waals surface area contributed by atoms with Crippen LogP contribution in [0.3, 0.4) is 0 Å². The zero-order valence-electron chi connectivity index (χ0n) is 9.59. The molecule has 1 aromatic heterocycles. The van der Waals surface area contributed by atoms with E-state index in [0.29, 0.717) is 4.34 Å². The van der Waals surface area contributed by atoms with Crippen molar-refractivity contribution >= 4 is 56.2 Å². The van der Waals surface area contributed by atoms with E-state index in [-0.39, 0.29) is 20.5 Å². The van der Waals surface area contributed by atoms with Gasteiger partial charge in [0, 0.05) is 10.6 Å². The lowest BCUT2D eigenvalue weighted by Gasteiger charge is -2.12. The second-order valence-corrected chi connectivity index (χ2v) is 7.70. The Labute approximate surface area is 128 Å². The number of hydrogen-bond acceptors (Lipinski definition) is 5. The van der Waals surface area contributed by atoms with E-state index in [1.165, 1.54) is 24.3 Å². The highest BCUT2D eigenvalue weighted by Gasteiger charge is 2.18. The maximum Gasteiger partial charge on any atom is 0.271 e. The quantitative estimate of drug-likeness (QED) is 0.915. The molecule has 0 saturated heterocycles. The van der Waals surface area contributed by atoms with Crippen molar-refractivity contribution in [3.05, 3.63) is 45.3 Å². The highest BCUT2D eigenvalue weighted by molar-refractivity contribution is 7.94. The lowest BCUT2D eigenvalue weighted by molar-refractivity contribution is -0.254. The molecule has 20 heavy (non-hydrogen) atoms. The minimum Gasteiger partial charge on any atom is -0.545 e. The van der Waals surface area contributed by atoms with Crippen LogP contribution in [0.4, 0.5) is 5.69 Å². The van der Waals surface area contributed by atoms with E-state index in [1.54, 1.807) is 0 Å². The molecule has 0 radical (unpaired) electrons. The molecule has 0 amide bonds. The van der Waals surface area contributed by atoms with Crippen LogP contribution < -0.4 is 9.83 Å². The zero-order valence-corrected chi connectivity index (χ0v) is 12.7. The molecule has 0 aliphatic rings. The molecule has 0 bridgehead atoms. The molecule has 1 aromatic carbocycles. The van der Waals surface area contributed by atoms with Gasteiger partial charge in [-0.3, -0.25) is 4.72 Å². The highest BCUT2D eigenvalue weighted by atomic mass is 35.5. The van der Waals surface area contributed by atoms with E-state index < -0.39 is 16.0 Å². The van der Waals surface area contributed by atoms with Crippen molar-refractivity contribution in [1.82, 2.24) is 0 Å². The Morgan fingerprint density at radius 2 is 1.90 bits per heavy atom. The van der Waals surface area contributed by atoms with Crippen molar-refractivity contribution in [3.63, 3.8) is 0 Å². The van der Waals surface area contributed by atoms with Gasteiger partial charge in [0.05, 0.1) is 16.0 Å². The van der Waals surface area contributed by atoms with Crippen LogP contribution >= 0.6 is 34.5 Å². The number of halogens is 2. The van der Waals surface area contributed by atoms with Crippen molar-refractivity contribution in [3.8, 4) is 0 Å². The van der Waals surface area contributed by atoms with Crippen molar-refractivity contribution in [2.75, 3.05) is 4.72 Å². The van der Waals surface area contributed by atoms with Crippen LogP contribution in [0.5, 0.6) is 0 Å². The SMILES string of the molecule is O=C([O-])c1cc(Cl)ccc1NS(=O)(=O)c1ccc(Cl)s1. The summed E-state index contributed by atoms with van der Waals surface area (Å²) < 4.78 is 26.6. The molecule has 0 spiro atoms. The largest absolute Gasteiger partial charge is 0.545 e. The molecular formula is C11H6Cl2NO4S2-. The Kier molecular flexibility index (Phi) is 4.24. The van der Waals surface area contributed by atoms with Crippen LogP contribution in [0.25, 0.3) is 0 Å². The lowest BCUT2D eigenvalue weighted by Crippen LogP contribution is -2.24. The molecule has 0 unspecified atom stereocenters. The van der Waals surface area contributed by atoms with Gasteiger partial charge in [0.25, 0.3) is 10.0 Å². The van der Waals surface area contributed by atoms with Crippen molar-refractivity contribution < 1.29 is 18.3 Å². The first-order chi connectivity index (χ1) is 9.29. The van der Waals surface area contributed by atoms with Gasteiger partial charge in [0.2, 0.25) is 0 Å². The van der Waals surface area contributed by atoms with E-state index in [0.717, 1.165) is 17.4 Å². The number of nitrogens with one attached hydrogen (secondary N) is 1. The molecule has 2 rings (SSSR count). The van der Waals surface area contributed by atoms with Crippen LogP contribution in [-0.2, 0) is 10.0 Å². The molecule has 1 N–H and O–H groups in total. The van der Waals surface area contributed by atoms with Crippen LogP contribution in [-0.4, -0.2) is 14.4 Å². The first-order valence-electron chi connectivity index (χ1n) is 5.08.